The molecule has 280 valence electrons. The molecule has 2 saturated heterocycles. The second kappa shape index (κ2) is 26.7. The summed E-state index contributed by atoms with van der Waals surface area (Å²) in [6, 6.07) is 5.78. The van der Waals surface area contributed by atoms with Crippen molar-refractivity contribution in [3.05, 3.63) is 29.8 Å². The van der Waals surface area contributed by atoms with Crippen LogP contribution in [0.5, 0.6) is 0 Å². The summed E-state index contributed by atoms with van der Waals surface area (Å²) >= 11 is 0. The average Bonchev–Trinajstić information content (AvgIpc) is 3.52. The molecule has 0 saturated carbocycles. The Kier molecular flexibility index (Phi) is 24.0. The lowest BCUT2D eigenvalue weighted by Gasteiger charge is -2.37. The molecule has 1 aromatic carbocycles. The molecule has 0 aliphatic carbocycles. The second-order valence-electron chi connectivity index (χ2n) is 14.4. The fraction of sp³-hybridized carbons (Fsp3) is 0.846. The van der Waals surface area contributed by atoms with E-state index in [4.69, 9.17) is 18.9 Å². The molecule has 1 aromatic rings. The summed E-state index contributed by atoms with van der Waals surface area (Å²) in [6.45, 7) is 11.8. The molecule has 3 rings (SSSR count). The Bertz CT molecular complexity index is 998. The number of hydrogen-bond acceptors (Lipinski definition) is 7. The zero-order valence-electron chi connectivity index (χ0n) is 31.0. The number of morpholine rings is 1. The van der Waals surface area contributed by atoms with Crippen LogP contribution in [0.25, 0.3) is 0 Å². The first-order valence-corrected chi connectivity index (χ1v) is 20.9. The quantitative estimate of drug-likeness (QED) is 0.0542. The normalized spacial score (nSPS) is 19.2. The fourth-order valence-electron chi connectivity index (χ4n) is 6.41. The van der Waals surface area contributed by atoms with Crippen molar-refractivity contribution >= 4 is 10.1 Å². The first-order chi connectivity index (χ1) is 23.2. The number of quaternary nitrogens is 1. The van der Waals surface area contributed by atoms with Gasteiger partial charge in [-0.05, 0) is 51.2 Å². The Labute approximate surface area is 295 Å². The lowest BCUT2D eigenvalue weighted by atomic mass is 10.0. The third-order valence-corrected chi connectivity index (χ3v) is 10.6. The third kappa shape index (κ3) is 21.9. The maximum absolute atomic E-state index is 10.4. The van der Waals surface area contributed by atoms with Crippen molar-refractivity contribution in [3.8, 4) is 0 Å². The summed E-state index contributed by atoms with van der Waals surface area (Å²) < 4.78 is 55.6. The Morgan fingerprint density at radius 3 is 1.85 bits per heavy atom. The molecule has 0 bridgehead atoms. The van der Waals surface area contributed by atoms with Gasteiger partial charge in [-0.1, -0.05) is 121 Å². The number of ether oxygens (including phenoxy) is 4. The maximum Gasteiger partial charge on any atom is 0.158 e. The van der Waals surface area contributed by atoms with Gasteiger partial charge in [-0.25, -0.2) is 8.42 Å². The van der Waals surface area contributed by atoms with Gasteiger partial charge in [-0.3, -0.25) is 0 Å². The maximum atomic E-state index is 10.4. The van der Waals surface area contributed by atoms with E-state index in [1.54, 1.807) is 12.1 Å². The predicted molar refractivity (Wildman–Crippen MR) is 194 cm³/mol. The number of likely N-dealkylation sites (N-methyl/N-ethyl adjacent to an activating group) is 1. The molecule has 0 N–H and O–H groups in total. The van der Waals surface area contributed by atoms with Gasteiger partial charge in [-0.15, -0.1) is 0 Å². The van der Waals surface area contributed by atoms with Gasteiger partial charge < -0.3 is 28.0 Å². The first kappa shape index (κ1) is 43.1. The van der Waals surface area contributed by atoms with Crippen LogP contribution in [0.4, 0.5) is 0 Å². The van der Waals surface area contributed by atoms with Crippen LogP contribution in [-0.4, -0.2) is 89.6 Å². The lowest BCUT2D eigenvalue weighted by Crippen LogP contribution is -2.52. The van der Waals surface area contributed by atoms with Crippen molar-refractivity contribution < 1.29 is 36.4 Å². The standard InChI is InChI=1S/C32H64NO4.C7H8O3S/c1-3-4-5-6-7-8-9-10-11-12-13-14-15-16-19-22-32-36-30-31(37-32)29-35-26-21-18-17-20-23-33(2)24-27-34-28-25-33;1-6-2-4-7(5-3-6)11(8,9)10/h31-32H,3-30H2,1-2H3;2-5H,1H3,(H,8,9,10)/q+1;/p-1/t31-,32-;/m0./s1. The molecule has 0 amide bonds. The topological polar surface area (TPSA) is 94.1 Å². The monoisotopic (exact) mass is 697 g/mol. The van der Waals surface area contributed by atoms with Crippen LogP contribution >= 0.6 is 0 Å². The molecular weight excluding hydrogens is 626 g/mol. The molecule has 2 aliphatic heterocycles. The van der Waals surface area contributed by atoms with Crippen LogP contribution in [0.2, 0.25) is 0 Å². The Morgan fingerprint density at radius 1 is 0.771 bits per heavy atom. The number of unbranched alkanes of at least 4 members (excludes halogenated alkanes) is 17. The predicted octanol–water partition coefficient (Wildman–Crippen LogP) is 8.94. The van der Waals surface area contributed by atoms with Crippen molar-refractivity contribution in [3.63, 3.8) is 0 Å². The number of hydrogen-bond donors (Lipinski definition) is 0. The van der Waals surface area contributed by atoms with Crippen LogP contribution in [-0.2, 0) is 29.1 Å². The summed E-state index contributed by atoms with van der Waals surface area (Å²) in [5.41, 5.74) is 0.928. The van der Waals surface area contributed by atoms with Crippen LogP contribution in [0.3, 0.4) is 0 Å². The van der Waals surface area contributed by atoms with Crippen LogP contribution in [0.15, 0.2) is 29.2 Å². The van der Waals surface area contributed by atoms with E-state index in [0.717, 1.165) is 38.2 Å². The molecule has 2 aliphatic rings. The molecule has 2 heterocycles. The number of nitrogens with zero attached hydrogens (tertiary/aromatic N) is 1. The molecule has 9 heteroatoms. The van der Waals surface area contributed by atoms with Gasteiger partial charge >= 0.3 is 0 Å². The van der Waals surface area contributed by atoms with E-state index < -0.39 is 10.1 Å². The van der Waals surface area contributed by atoms with E-state index in [1.165, 1.54) is 152 Å². The van der Waals surface area contributed by atoms with Gasteiger partial charge in [0.1, 0.15) is 29.3 Å². The van der Waals surface area contributed by atoms with Crippen molar-refractivity contribution in [1.29, 1.82) is 0 Å². The number of rotatable bonds is 26. The van der Waals surface area contributed by atoms with E-state index >= 15 is 0 Å². The second-order valence-corrected chi connectivity index (χ2v) is 15.8. The van der Waals surface area contributed by atoms with Gasteiger partial charge in [0, 0.05) is 6.61 Å². The van der Waals surface area contributed by atoms with Gasteiger partial charge in [0.15, 0.2) is 6.29 Å². The smallest absolute Gasteiger partial charge is 0.158 e. The number of benzene rings is 1. The fourth-order valence-corrected chi connectivity index (χ4v) is 6.88. The van der Waals surface area contributed by atoms with E-state index in [0.29, 0.717) is 13.2 Å². The molecule has 0 spiro atoms. The van der Waals surface area contributed by atoms with Crippen LogP contribution in [0, 0.1) is 6.92 Å². The summed E-state index contributed by atoms with van der Waals surface area (Å²) in [4.78, 5) is -0.178. The lowest BCUT2D eigenvalue weighted by molar-refractivity contribution is -0.917. The highest BCUT2D eigenvalue weighted by Crippen LogP contribution is 2.19. The molecule has 8 nitrogen and oxygen atoms in total. The van der Waals surface area contributed by atoms with Gasteiger partial charge in [0.2, 0.25) is 0 Å². The van der Waals surface area contributed by atoms with Crippen molar-refractivity contribution in [2.45, 2.75) is 160 Å². The van der Waals surface area contributed by atoms with Crippen molar-refractivity contribution in [2.75, 3.05) is 59.7 Å². The Morgan fingerprint density at radius 2 is 1.29 bits per heavy atom. The van der Waals surface area contributed by atoms with Gasteiger partial charge in [0.05, 0.1) is 44.9 Å². The van der Waals surface area contributed by atoms with E-state index in [1.807, 2.05) is 6.92 Å². The molecule has 2 atom stereocenters. The Hall–Kier alpha value is -1.07. The Balaban J connectivity index is 0.000000613. The van der Waals surface area contributed by atoms with E-state index in [-0.39, 0.29) is 17.3 Å². The van der Waals surface area contributed by atoms with Crippen molar-refractivity contribution in [1.82, 2.24) is 0 Å². The highest BCUT2D eigenvalue weighted by atomic mass is 32.2. The van der Waals surface area contributed by atoms with Crippen LogP contribution in [0.1, 0.15) is 141 Å². The van der Waals surface area contributed by atoms with Gasteiger partial charge in [0.25, 0.3) is 0 Å². The minimum Gasteiger partial charge on any atom is -0.744 e. The molecule has 2 fully saturated rings. The summed E-state index contributed by atoms with van der Waals surface area (Å²) in [6.07, 6.45) is 27.3. The summed E-state index contributed by atoms with van der Waals surface area (Å²) in [7, 11) is -1.89. The minimum absolute atomic E-state index is 0.000231. The SMILES string of the molecule is CCCCCCCCCCCCCCCCC[C@H]1OC[C@H](COCCCCCC[N+]2(C)CCOCC2)O1.Cc1ccc(S(=O)(=O)[O-])cc1. The number of aryl methyl sites for hydroxylation is 1. The van der Waals surface area contributed by atoms with Crippen molar-refractivity contribution in [2.24, 2.45) is 0 Å². The van der Waals surface area contributed by atoms with Gasteiger partial charge in [-0.2, -0.15) is 0 Å². The zero-order valence-corrected chi connectivity index (χ0v) is 31.8. The summed E-state index contributed by atoms with van der Waals surface area (Å²) in [5, 5.41) is 0. The average molecular weight is 698 g/mol. The summed E-state index contributed by atoms with van der Waals surface area (Å²) in [5.74, 6) is 0. The highest BCUT2D eigenvalue weighted by molar-refractivity contribution is 7.85. The van der Waals surface area contributed by atoms with Crippen LogP contribution < -0.4 is 0 Å². The van der Waals surface area contributed by atoms with E-state index in [9.17, 15) is 13.0 Å². The molecule has 48 heavy (non-hydrogen) atoms. The largest absolute Gasteiger partial charge is 0.744 e. The molecule has 0 unspecified atom stereocenters. The van der Waals surface area contributed by atoms with E-state index in [2.05, 4.69) is 14.0 Å². The third-order valence-electron chi connectivity index (χ3n) is 9.76. The highest BCUT2D eigenvalue weighted by Gasteiger charge is 2.26. The first-order valence-electron chi connectivity index (χ1n) is 19.5. The minimum atomic E-state index is -4.27. The zero-order chi connectivity index (χ0) is 34.8. The molecular formula is C39H71NO7S. The molecule has 0 radical (unpaired) electrons. The molecule has 0 aromatic heterocycles.